The van der Waals surface area contributed by atoms with Gasteiger partial charge in [0.1, 0.15) is 0 Å². The SMILES string of the molecule is CC(C)C1CCC(C#N)(CCc2cnn(C)c2)CC1. The molecule has 1 saturated carbocycles. The van der Waals surface area contributed by atoms with Gasteiger partial charge < -0.3 is 0 Å². The molecular formula is C16H25N3. The summed E-state index contributed by atoms with van der Waals surface area (Å²) in [5.74, 6) is 1.58. The smallest absolute Gasteiger partial charge is 0.0689 e. The molecule has 3 nitrogen and oxygen atoms in total. The van der Waals surface area contributed by atoms with Gasteiger partial charge in [-0.1, -0.05) is 13.8 Å². The third kappa shape index (κ3) is 3.37. The van der Waals surface area contributed by atoms with Crippen molar-refractivity contribution in [3.8, 4) is 6.07 Å². The minimum Gasteiger partial charge on any atom is -0.276 e. The lowest BCUT2D eigenvalue weighted by Crippen LogP contribution is -2.28. The van der Waals surface area contributed by atoms with E-state index in [0.29, 0.717) is 0 Å². The third-order valence-electron chi connectivity index (χ3n) is 4.82. The van der Waals surface area contributed by atoms with Gasteiger partial charge in [-0.15, -0.1) is 0 Å². The zero-order chi connectivity index (χ0) is 13.9. The van der Waals surface area contributed by atoms with Gasteiger partial charge in [-0.25, -0.2) is 0 Å². The van der Waals surface area contributed by atoms with E-state index in [-0.39, 0.29) is 5.41 Å². The topological polar surface area (TPSA) is 41.6 Å². The summed E-state index contributed by atoms with van der Waals surface area (Å²) in [6.07, 6.45) is 10.5. The molecule has 0 unspecified atom stereocenters. The Labute approximate surface area is 116 Å². The zero-order valence-corrected chi connectivity index (χ0v) is 12.4. The maximum Gasteiger partial charge on any atom is 0.0689 e. The Bertz CT molecular complexity index is 445. The summed E-state index contributed by atoms with van der Waals surface area (Å²) in [7, 11) is 1.94. The van der Waals surface area contributed by atoms with Crippen LogP contribution < -0.4 is 0 Å². The quantitative estimate of drug-likeness (QED) is 0.827. The highest BCUT2D eigenvalue weighted by molar-refractivity contribution is 5.08. The fourth-order valence-corrected chi connectivity index (χ4v) is 3.26. The molecule has 1 aliphatic carbocycles. The van der Waals surface area contributed by atoms with Gasteiger partial charge in [-0.3, -0.25) is 4.68 Å². The van der Waals surface area contributed by atoms with Crippen LogP contribution in [0.2, 0.25) is 0 Å². The fourth-order valence-electron chi connectivity index (χ4n) is 3.26. The molecule has 0 aliphatic heterocycles. The van der Waals surface area contributed by atoms with E-state index in [1.54, 1.807) is 0 Å². The molecule has 0 saturated heterocycles. The average Bonchev–Trinajstić information content (AvgIpc) is 2.83. The lowest BCUT2D eigenvalue weighted by molar-refractivity contribution is 0.166. The van der Waals surface area contributed by atoms with E-state index >= 15 is 0 Å². The number of rotatable bonds is 4. The van der Waals surface area contributed by atoms with Crippen LogP contribution in [0.25, 0.3) is 0 Å². The summed E-state index contributed by atoms with van der Waals surface area (Å²) in [5.41, 5.74) is 1.17. The second-order valence-electron chi connectivity index (χ2n) is 6.50. The highest BCUT2D eigenvalue weighted by Gasteiger charge is 2.35. The number of aryl methyl sites for hydroxylation is 2. The first-order valence-electron chi connectivity index (χ1n) is 7.43. The maximum absolute atomic E-state index is 9.58. The second kappa shape index (κ2) is 5.77. The summed E-state index contributed by atoms with van der Waals surface area (Å²) in [4.78, 5) is 0. The molecule has 19 heavy (non-hydrogen) atoms. The van der Waals surface area contributed by atoms with Crippen LogP contribution in [0.4, 0.5) is 0 Å². The molecule has 1 aliphatic rings. The van der Waals surface area contributed by atoms with Crippen molar-refractivity contribution in [1.82, 2.24) is 9.78 Å². The van der Waals surface area contributed by atoms with Crippen molar-refractivity contribution in [2.45, 2.75) is 52.4 Å². The van der Waals surface area contributed by atoms with Crippen LogP contribution in [0.1, 0.15) is 51.5 Å². The van der Waals surface area contributed by atoms with Crippen molar-refractivity contribution >= 4 is 0 Å². The predicted molar refractivity (Wildman–Crippen MR) is 76.4 cm³/mol. The van der Waals surface area contributed by atoms with E-state index < -0.39 is 0 Å². The Kier molecular flexibility index (Phi) is 4.29. The third-order valence-corrected chi connectivity index (χ3v) is 4.82. The first-order chi connectivity index (χ1) is 9.04. The summed E-state index contributed by atoms with van der Waals surface area (Å²) in [5, 5.41) is 13.8. The molecule has 0 radical (unpaired) electrons. The molecule has 0 spiro atoms. The first kappa shape index (κ1) is 14.1. The summed E-state index contributed by atoms with van der Waals surface area (Å²) in [6, 6.07) is 2.63. The van der Waals surface area contributed by atoms with E-state index in [0.717, 1.165) is 37.5 Å². The lowest BCUT2D eigenvalue weighted by atomic mass is 9.66. The molecule has 1 aromatic heterocycles. The van der Waals surface area contributed by atoms with E-state index in [1.165, 1.54) is 18.4 Å². The summed E-state index contributed by atoms with van der Waals surface area (Å²) >= 11 is 0. The van der Waals surface area contributed by atoms with Crippen LogP contribution in [0, 0.1) is 28.6 Å². The monoisotopic (exact) mass is 259 g/mol. The molecule has 1 heterocycles. The predicted octanol–water partition coefficient (Wildman–Crippen LogP) is 3.71. The molecule has 1 fully saturated rings. The number of aromatic nitrogens is 2. The van der Waals surface area contributed by atoms with Crippen LogP contribution in [0.15, 0.2) is 12.4 Å². The van der Waals surface area contributed by atoms with Crippen molar-refractivity contribution in [2.75, 3.05) is 0 Å². The molecule has 0 aromatic carbocycles. The Balaban J connectivity index is 1.92. The van der Waals surface area contributed by atoms with Crippen LogP contribution in [0.3, 0.4) is 0 Å². The van der Waals surface area contributed by atoms with Crippen molar-refractivity contribution in [1.29, 1.82) is 5.26 Å². The standard InChI is InChI=1S/C16H25N3/c1-13(2)15-5-8-16(12-17,9-6-15)7-4-14-10-18-19(3)11-14/h10-11,13,15H,4-9H2,1-3H3. The van der Waals surface area contributed by atoms with E-state index in [4.69, 9.17) is 0 Å². The van der Waals surface area contributed by atoms with Crippen molar-refractivity contribution in [3.63, 3.8) is 0 Å². The van der Waals surface area contributed by atoms with Gasteiger partial charge in [-0.2, -0.15) is 10.4 Å². The minimum absolute atomic E-state index is 0.0821. The average molecular weight is 259 g/mol. The molecule has 0 atom stereocenters. The van der Waals surface area contributed by atoms with E-state index in [9.17, 15) is 5.26 Å². The van der Waals surface area contributed by atoms with Gasteiger partial charge in [-0.05, 0) is 55.9 Å². The Morgan fingerprint density at radius 2 is 2.16 bits per heavy atom. The number of hydrogen-bond acceptors (Lipinski definition) is 2. The van der Waals surface area contributed by atoms with Gasteiger partial charge in [0.05, 0.1) is 17.7 Å². The van der Waals surface area contributed by atoms with Crippen molar-refractivity contribution in [3.05, 3.63) is 18.0 Å². The van der Waals surface area contributed by atoms with Crippen LogP contribution in [-0.4, -0.2) is 9.78 Å². The fraction of sp³-hybridized carbons (Fsp3) is 0.750. The first-order valence-corrected chi connectivity index (χ1v) is 7.43. The van der Waals surface area contributed by atoms with Crippen LogP contribution >= 0.6 is 0 Å². The number of hydrogen-bond donors (Lipinski definition) is 0. The minimum atomic E-state index is -0.0821. The van der Waals surface area contributed by atoms with Gasteiger partial charge in [0.25, 0.3) is 0 Å². The highest BCUT2D eigenvalue weighted by atomic mass is 15.2. The van der Waals surface area contributed by atoms with Crippen LogP contribution in [-0.2, 0) is 13.5 Å². The van der Waals surface area contributed by atoms with Crippen LogP contribution in [0.5, 0.6) is 0 Å². The number of nitrogens with zero attached hydrogens (tertiary/aromatic N) is 3. The molecule has 1 aromatic rings. The summed E-state index contributed by atoms with van der Waals surface area (Å²) < 4.78 is 1.84. The highest BCUT2D eigenvalue weighted by Crippen LogP contribution is 2.43. The second-order valence-corrected chi connectivity index (χ2v) is 6.50. The Hall–Kier alpha value is -1.30. The zero-order valence-electron chi connectivity index (χ0n) is 12.4. The molecule has 0 bridgehead atoms. The van der Waals surface area contributed by atoms with Crippen molar-refractivity contribution < 1.29 is 0 Å². The largest absolute Gasteiger partial charge is 0.276 e. The lowest BCUT2D eigenvalue weighted by Gasteiger charge is -2.36. The molecule has 104 valence electrons. The summed E-state index contributed by atoms with van der Waals surface area (Å²) in [6.45, 7) is 4.61. The molecular weight excluding hydrogens is 234 g/mol. The van der Waals surface area contributed by atoms with Crippen molar-refractivity contribution in [2.24, 2.45) is 24.3 Å². The Morgan fingerprint density at radius 1 is 1.47 bits per heavy atom. The molecule has 0 N–H and O–H groups in total. The Morgan fingerprint density at radius 3 is 2.63 bits per heavy atom. The van der Waals surface area contributed by atoms with Gasteiger partial charge >= 0.3 is 0 Å². The van der Waals surface area contributed by atoms with Gasteiger partial charge in [0, 0.05) is 13.2 Å². The number of nitriles is 1. The van der Waals surface area contributed by atoms with E-state index in [1.807, 2.05) is 17.9 Å². The molecule has 3 heteroatoms. The molecule has 2 rings (SSSR count). The van der Waals surface area contributed by atoms with Gasteiger partial charge in [0.2, 0.25) is 0 Å². The maximum atomic E-state index is 9.58. The normalized spacial score (nSPS) is 27.4. The van der Waals surface area contributed by atoms with E-state index in [2.05, 4.69) is 31.2 Å². The van der Waals surface area contributed by atoms with Gasteiger partial charge in [0.15, 0.2) is 0 Å². The molecule has 0 amide bonds.